The number of ether oxygens (including phenoxy) is 1. The van der Waals surface area contributed by atoms with Crippen LogP contribution in [0.2, 0.25) is 0 Å². The summed E-state index contributed by atoms with van der Waals surface area (Å²) >= 11 is 0. The summed E-state index contributed by atoms with van der Waals surface area (Å²) < 4.78 is 5.36. The van der Waals surface area contributed by atoms with Gasteiger partial charge in [0.05, 0.1) is 23.8 Å². The van der Waals surface area contributed by atoms with Crippen LogP contribution in [-0.2, 0) is 19.1 Å². The predicted octanol–water partition coefficient (Wildman–Crippen LogP) is 3.66. The van der Waals surface area contributed by atoms with Gasteiger partial charge in [0.1, 0.15) is 6.61 Å². The van der Waals surface area contributed by atoms with Crippen molar-refractivity contribution in [1.29, 1.82) is 0 Å². The maximum Gasteiger partial charge on any atom is 0.310 e. The van der Waals surface area contributed by atoms with E-state index in [-0.39, 0.29) is 41.7 Å². The number of hydrogen-bond donors (Lipinski definition) is 2. The van der Waals surface area contributed by atoms with Crippen LogP contribution >= 0.6 is 0 Å². The Kier molecular flexibility index (Phi) is 6.56. The predicted molar refractivity (Wildman–Crippen MR) is 111 cm³/mol. The number of carbonyl (C=O) groups excluding carboxylic acids is 2. The van der Waals surface area contributed by atoms with Crippen LogP contribution in [0.25, 0.3) is 0 Å². The lowest BCUT2D eigenvalue weighted by atomic mass is 9.61. The molecule has 29 heavy (non-hydrogen) atoms. The number of esters is 1. The molecule has 2 N–H and O–H groups in total. The second-order valence-electron chi connectivity index (χ2n) is 11.1. The summed E-state index contributed by atoms with van der Waals surface area (Å²) in [6.45, 7) is 14.8. The van der Waals surface area contributed by atoms with Gasteiger partial charge in [0, 0.05) is 0 Å². The Hall–Kier alpha value is -1.85. The largest absolute Gasteiger partial charge is 0.481 e. The highest BCUT2D eigenvalue weighted by Crippen LogP contribution is 2.49. The van der Waals surface area contributed by atoms with E-state index in [9.17, 15) is 19.5 Å². The molecule has 0 radical (unpaired) electrons. The number of hydrogen-bond acceptors (Lipinski definition) is 4. The fraction of sp³-hybridized carbons (Fsp3) is 0.783. The second kappa shape index (κ2) is 8.11. The lowest BCUT2D eigenvalue weighted by Crippen LogP contribution is -2.49. The normalized spacial score (nSPS) is 28.1. The molecule has 1 saturated carbocycles. The standard InChI is InChI=1S/C23H37NO5/c1-21(2,3)13-23(7,22(4,5)6)20(28)24-10-11-29-19(27)17-15-9-8-14(12-15)16(17)18(25)26/h8-9,14-17H,10-13H2,1-7H3,(H,24,28)(H,25,26). The summed E-state index contributed by atoms with van der Waals surface area (Å²) in [4.78, 5) is 37.0. The minimum absolute atomic E-state index is 0.00696. The van der Waals surface area contributed by atoms with Crippen LogP contribution in [0.5, 0.6) is 0 Å². The first kappa shape index (κ1) is 23.4. The third-order valence-electron chi connectivity index (χ3n) is 6.69. The van der Waals surface area contributed by atoms with E-state index in [1.54, 1.807) is 0 Å². The zero-order valence-corrected chi connectivity index (χ0v) is 18.9. The zero-order valence-electron chi connectivity index (χ0n) is 18.9. The molecule has 5 atom stereocenters. The smallest absolute Gasteiger partial charge is 0.310 e. The van der Waals surface area contributed by atoms with Crippen molar-refractivity contribution >= 4 is 17.8 Å². The molecular weight excluding hydrogens is 370 g/mol. The van der Waals surface area contributed by atoms with Crippen LogP contribution in [-0.4, -0.2) is 36.1 Å². The van der Waals surface area contributed by atoms with E-state index in [0.29, 0.717) is 6.42 Å². The highest BCUT2D eigenvalue weighted by Gasteiger charge is 2.52. The molecular formula is C23H37NO5. The van der Waals surface area contributed by atoms with E-state index >= 15 is 0 Å². The molecule has 2 rings (SSSR count). The van der Waals surface area contributed by atoms with E-state index in [4.69, 9.17) is 4.74 Å². The lowest BCUT2D eigenvalue weighted by molar-refractivity contribution is -0.158. The Morgan fingerprint density at radius 3 is 2.03 bits per heavy atom. The van der Waals surface area contributed by atoms with Gasteiger partial charge >= 0.3 is 11.9 Å². The molecule has 6 nitrogen and oxygen atoms in total. The first-order valence-electron chi connectivity index (χ1n) is 10.5. The van der Waals surface area contributed by atoms with Crippen molar-refractivity contribution in [3.8, 4) is 0 Å². The van der Waals surface area contributed by atoms with Crippen LogP contribution in [0.1, 0.15) is 61.3 Å². The summed E-state index contributed by atoms with van der Waals surface area (Å²) in [5, 5.41) is 12.4. The van der Waals surface area contributed by atoms with E-state index in [2.05, 4.69) is 46.9 Å². The van der Waals surface area contributed by atoms with Crippen molar-refractivity contribution in [2.45, 2.75) is 61.3 Å². The van der Waals surface area contributed by atoms with E-state index in [1.165, 1.54) is 0 Å². The number of fused-ring (bicyclic) bond motifs is 2. The maximum atomic E-state index is 13.0. The molecule has 164 valence electrons. The second-order valence-corrected chi connectivity index (χ2v) is 11.1. The van der Waals surface area contributed by atoms with E-state index in [1.807, 2.05) is 19.1 Å². The van der Waals surface area contributed by atoms with Crippen molar-refractivity contribution in [1.82, 2.24) is 5.32 Å². The quantitative estimate of drug-likeness (QED) is 0.382. The molecule has 0 aromatic heterocycles. The molecule has 2 aliphatic rings. The van der Waals surface area contributed by atoms with Gasteiger partial charge in [0.2, 0.25) is 5.91 Å². The van der Waals surface area contributed by atoms with Gasteiger partial charge < -0.3 is 15.2 Å². The van der Waals surface area contributed by atoms with Crippen molar-refractivity contribution in [2.75, 3.05) is 13.2 Å². The average Bonchev–Trinajstić information content (AvgIpc) is 3.16. The Bertz CT molecular complexity index is 684. The first-order valence-corrected chi connectivity index (χ1v) is 10.5. The Morgan fingerprint density at radius 1 is 1.00 bits per heavy atom. The third kappa shape index (κ3) is 5.01. The Morgan fingerprint density at radius 2 is 1.55 bits per heavy atom. The molecule has 5 unspecified atom stereocenters. The monoisotopic (exact) mass is 407 g/mol. The summed E-state index contributed by atoms with van der Waals surface area (Å²) in [6.07, 6.45) is 5.26. The molecule has 0 saturated heterocycles. The van der Waals surface area contributed by atoms with Gasteiger partial charge in [0.25, 0.3) is 0 Å². The summed E-state index contributed by atoms with van der Waals surface area (Å²) in [7, 11) is 0. The van der Waals surface area contributed by atoms with Gasteiger partial charge in [-0.15, -0.1) is 0 Å². The summed E-state index contributed by atoms with van der Waals surface area (Å²) in [6, 6.07) is 0. The summed E-state index contributed by atoms with van der Waals surface area (Å²) in [5.41, 5.74) is -0.808. The van der Waals surface area contributed by atoms with Crippen LogP contribution in [0.4, 0.5) is 0 Å². The number of rotatable bonds is 7. The maximum absolute atomic E-state index is 13.0. The number of carbonyl (C=O) groups is 3. The van der Waals surface area contributed by atoms with Crippen molar-refractivity contribution in [3.63, 3.8) is 0 Å². The topological polar surface area (TPSA) is 92.7 Å². The van der Waals surface area contributed by atoms with Crippen molar-refractivity contribution < 1.29 is 24.2 Å². The number of aliphatic carboxylic acids is 1. The number of carboxylic acids is 1. The molecule has 0 spiro atoms. The van der Waals surface area contributed by atoms with Gasteiger partial charge in [-0.3, -0.25) is 14.4 Å². The molecule has 6 heteroatoms. The Labute approximate surface area is 174 Å². The van der Waals surface area contributed by atoms with Gasteiger partial charge in [-0.25, -0.2) is 0 Å². The highest BCUT2D eigenvalue weighted by atomic mass is 16.5. The van der Waals surface area contributed by atoms with E-state index < -0.39 is 29.2 Å². The van der Waals surface area contributed by atoms with Gasteiger partial charge in [0.15, 0.2) is 0 Å². The average molecular weight is 408 g/mol. The van der Waals surface area contributed by atoms with Crippen LogP contribution in [0.3, 0.4) is 0 Å². The van der Waals surface area contributed by atoms with Crippen molar-refractivity contribution in [2.24, 2.45) is 39.9 Å². The highest BCUT2D eigenvalue weighted by molar-refractivity contribution is 5.84. The van der Waals surface area contributed by atoms with Gasteiger partial charge in [-0.05, 0) is 35.5 Å². The molecule has 1 amide bonds. The molecule has 2 bridgehead atoms. The fourth-order valence-corrected chi connectivity index (χ4v) is 4.83. The van der Waals surface area contributed by atoms with Gasteiger partial charge in [-0.2, -0.15) is 0 Å². The molecule has 2 aliphatic carbocycles. The van der Waals surface area contributed by atoms with Crippen LogP contribution in [0, 0.1) is 39.9 Å². The molecule has 0 heterocycles. The van der Waals surface area contributed by atoms with Crippen LogP contribution in [0.15, 0.2) is 12.2 Å². The SMILES string of the molecule is CC(C)(C)CC(C)(C(=O)NCCOC(=O)C1C2C=CC(C2)C1C(=O)O)C(C)(C)C. The van der Waals surface area contributed by atoms with Crippen molar-refractivity contribution in [3.05, 3.63) is 12.2 Å². The number of allylic oxidation sites excluding steroid dienone is 2. The molecule has 0 aromatic rings. The van der Waals surface area contributed by atoms with Gasteiger partial charge in [-0.1, -0.05) is 60.6 Å². The fourth-order valence-electron chi connectivity index (χ4n) is 4.83. The number of carboxylic acid groups (broad SMARTS) is 1. The lowest BCUT2D eigenvalue weighted by Gasteiger charge is -2.44. The molecule has 1 fully saturated rings. The number of nitrogens with one attached hydrogen (secondary N) is 1. The minimum Gasteiger partial charge on any atom is -0.481 e. The first-order chi connectivity index (χ1) is 13.2. The molecule has 0 aromatic carbocycles. The third-order valence-corrected chi connectivity index (χ3v) is 6.69. The Balaban J connectivity index is 1.90. The van der Waals surface area contributed by atoms with E-state index in [0.717, 1.165) is 6.42 Å². The van der Waals surface area contributed by atoms with Crippen LogP contribution < -0.4 is 5.32 Å². The zero-order chi connectivity index (χ0) is 22.2. The minimum atomic E-state index is -0.944. The molecule has 0 aliphatic heterocycles. The summed E-state index contributed by atoms with van der Waals surface area (Å²) in [5.74, 6) is -2.94. The number of amides is 1.